The quantitative estimate of drug-likeness (QED) is 0.504. The fraction of sp³-hybridized carbons (Fsp3) is 0.933. The van der Waals surface area contributed by atoms with Gasteiger partial charge in [-0.25, -0.2) is 9.78 Å². The highest BCUT2D eigenvalue weighted by molar-refractivity contribution is 5.74. The van der Waals surface area contributed by atoms with Gasteiger partial charge in [-0.2, -0.15) is 0 Å². The van der Waals surface area contributed by atoms with Gasteiger partial charge in [-0.3, -0.25) is 4.79 Å². The van der Waals surface area contributed by atoms with Crippen molar-refractivity contribution in [3.8, 4) is 0 Å². The van der Waals surface area contributed by atoms with E-state index in [1.54, 1.807) is 0 Å². The Hall–Kier alpha value is -0.650. The van der Waals surface area contributed by atoms with Gasteiger partial charge in [0.2, 0.25) is 12.1 Å². The molecule has 5 aliphatic rings. The highest BCUT2D eigenvalue weighted by Gasteiger charge is 2.69. The molecule has 0 unspecified atom stereocenters. The van der Waals surface area contributed by atoms with Gasteiger partial charge < -0.3 is 9.47 Å². The summed E-state index contributed by atoms with van der Waals surface area (Å²) in [4.78, 5) is 23.7. The second-order valence-corrected chi connectivity index (χ2v) is 7.14. The monoisotopic (exact) mass is 282 g/mol. The van der Waals surface area contributed by atoms with Gasteiger partial charge in [-0.1, -0.05) is 13.8 Å². The van der Waals surface area contributed by atoms with Crippen molar-refractivity contribution in [3.05, 3.63) is 0 Å². The van der Waals surface area contributed by atoms with E-state index in [0.717, 1.165) is 25.7 Å². The Bertz CT molecular complexity index is 452. The molecule has 20 heavy (non-hydrogen) atoms. The van der Waals surface area contributed by atoms with E-state index in [1.807, 2.05) is 13.8 Å². The van der Waals surface area contributed by atoms with E-state index < -0.39 is 17.7 Å². The van der Waals surface area contributed by atoms with Gasteiger partial charge in [0.05, 0.1) is 5.92 Å². The Labute approximate surface area is 118 Å². The zero-order chi connectivity index (χ0) is 14.1. The van der Waals surface area contributed by atoms with E-state index in [4.69, 9.17) is 19.2 Å². The summed E-state index contributed by atoms with van der Waals surface area (Å²) in [6.45, 7) is 6.06. The minimum Gasteiger partial charge on any atom is -0.432 e. The lowest BCUT2D eigenvalue weighted by Crippen LogP contribution is -2.69. The van der Waals surface area contributed by atoms with Gasteiger partial charge >= 0.3 is 5.97 Å². The second kappa shape index (κ2) is 3.96. The Kier molecular flexibility index (Phi) is 2.58. The van der Waals surface area contributed by atoms with Crippen molar-refractivity contribution in [2.24, 2.45) is 23.7 Å². The summed E-state index contributed by atoms with van der Waals surface area (Å²) in [6.07, 6.45) is 3.24. The van der Waals surface area contributed by atoms with E-state index in [9.17, 15) is 4.79 Å². The topological polar surface area (TPSA) is 54.0 Å². The van der Waals surface area contributed by atoms with Crippen molar-refractivity contribution in [2.45, 2.75) is 64.1 Å². The van der Waals surface area contributed by atoms with Crippen LogP contribution in [0.2, 0.25) is 0 Å². The molecule has 7 atom stereocenters. The molecule has 4 saturated heterocycles. The molecule has 4 heterocycles. The molecule has 0 N–H and O–H groups in total. The van der Waals surface area contributed by atoms with Gasteiger partial charge in [-0.05, 0) is 32.1 Å². The maximum Gasteiger partial charge on any atom is 0.311 e. The molecule has 5 heteroatoms. The molecule has 112 valence electrons. The molecule has 0 aromatic carbocycles. The fourth-order valence-corrected chi connectivity index (χ4v) is 4.76. The van der Waals surface area contributed by atoms with Crippen LogP contribution in [0.1, 0.15) is 46.5 Å². The fourth-order valence-electron chi connectivity index (χ4n) is 4.76. The SMILES string of the molecule is C[C@H]1CC[C@@H]2[C@@H](C)C(=O)O[C@H]3O[C@]4(C)CC[C@H]1[C@@]32OO4. The smallest absolute Gasteiger partial charge is 0.311 e. The van der Waals surface area contributed by atoms with Crippen LogP contribution in [0.5, 0.6) is 0 Å². The zero-order valence-corrected chi connectivity index (χ0v) is 12.3. The lowest BCUT2D eigenvalue weighted by atomic mass is 9.58. The van der Waals surface area contributed by atoms with Crippen LogP contribution in [-0.4, -0.2) is 23.6 Å². The number of esters is 1. The van der Waals surface area contributed by atoms with Crippen LogP contribution in [0.3, 0.4) is 0 Å². The average Bonchev–Trinajstić information content (AvgIpc) is 2.63. The number of ether oxygens (including phenoxy) is 2. The van der Waals surface area contributed by atoms with Crippen molar-refractivity contribution < 1.29 is 24.0 Å². The van der Waals surface area contributed by atoms with Gasteiger partial charge in [0.1, 0.15) is 0 Å². The lowest BCUT2D eigenvalue weighted by Gasteiger charge is -2.57. The molecule has 5 fully saturated rings. The van der Waals surface area contributed by atoms with Crippen LogP contribution in [0, 0.1) is 23.7 Å². The first-order valence-corrected chi connectivity index (χ1v) is 7.71. The van der Waals surface area contributed by atoms with E-state index >= 15 is 0 Å². The third-order valence-electron chi connectivity index (χ3n) is 5.97. The maximum atomic E-state index is 12.1. The summed E-state index contributed by atoms with van der Waals surface area (Å²) in [5.74, 6) is -0.137. The van der Waals surface area contributed by atoms with Gasteiger partial charge in [-0.15, -0.1) is 0 Å². The van der Waals surface area contributed by atoms with Crippen LogP contribution >= 0.6 is 0 Å². The van der Waals surface area contributed by atoms with E-state index in [2.05, 4.69) is 6.92 Å². The molecule has 1 aliphatic carbocycles. The summed E-state index contributed by atoms with van der Waals surface area (Å²) < 4.78 is 11.6. The Morgan fingerprint density at radius 3 is 2.70 bits per heavy atom. The van der Waals surface area contributed by atoms with Crippen molar-refractivity contribution >= 4 is 5.97 Å². The first-order valence-electron chi connectivity index (χ1n) is 7.71. The Morgan fingerprint density at radius 2 is 1.90 bits per heavy atom. The maximum absolute atomic E-state index is 12.1. The number of fused-ring (bicyclic) bond motifs is 2. The van der Waals surface area contributed by atoms with Crippen molar-refractivity contribution in [3.63, 3.8) is 0 Å². The molecule has 1 saturated carbocycles. The first-order chi connectivity index (χ1) is 9.46. The Morgan fingerprint density at radius 1 is 1.10 bits per heavy atom. The summed E-state index contributed by atoms with van der Waals surface area (Å²) in [5.41, 5.74) is -0.610. The van der Waals surface area contributed by atoms with Gasteiger partial charge in [0.15, 0.2) is 5.60 Å². The molecule has 2 bridgehead atoms. The van der Waals surface area contributed by atoms with Crippen molar-refractivity contribution in [1.29, 1.82) is 0 Å². The highest BCUT2D eigenvalue weighted by Crippen LogP contribution is 2.59. The Balaban J connectivity index is 1.84. The van der Waals surface area contributed by atoms with Gasteiger partial charge in [0.25, 0.3) is 0 Å². The van der Waals surface area contributed by atoms with E-state index in [1.165, 1.54) is 0 Å². The minimum atomic E-state index is -0.793. The number of carbonyl (C=O) groups is 1. The summed E-state index contributed by atoms with van der Waals surface area (Å²) >= 11 is 0. The molecule has 0 aromatic rings. The molecular weight excluding hydrogens is 260 g/mol. The number of rotatable bonds is 0. The summed E-state index contributed by atoms with van der Waals surface area (Å²) in [7, 11) is 0. The van der Waals surface area contributed by atoms with Gasteiger partial charge in [0, 0.05) is 18.3 Å². The second-order valence-electron chi connectivity index (χ2n) is 7.14. The predicted molar refractivity (Wildman–Crippen MR) is 68.0 cm³/mol. The third-order valence-corrected chi connectivity index (χ3v) is 5.97. The zero-order valence-electron chi connectivity index (χ0n) is 12.3. The molecule has 1 spiro atoms. The largest absolute Gasteiger partial charge is 0.432 e. The van der Waals surface area contributed by atoms with Crippen LogP contribution in [0.4, 0.5) is 0 Å². The predicted octanol–water partition coefficient (Wildman–Crippen LogP) is 2.39. The van der Waals surface area contributed by atoms with Crippen LogP contribution in [0.15, 0.2) is 0 Å². The van der Waals surface area contributed by atoms with E-state index in [-0.39, 0.29) is 17.8 Å². The van der Waals surface area contributed by atoms with Crippen LogP contribution in [0.25, 0.3) is 0 Å². The highest BCUT2D eigenvalue weighted by atomic mass is 17.3. The summed E-state index contributed by atoms with van der Waals surface area (Å²) in [6, 6.07) is 0. The standard InChI is InChI=1S/C15H22O5/c1-8-4-5-11-9(2)12(16)17-13-15(11)10(8)6-7-14(3,18-13)19-20-15/h8-11,13H,4-7H2,1-3H3/t8-,9+,10+,11+,13-,14-,15-/m0/s1. The van der Waals surface area contributed by atoms with Crippen molar-refractivity contribution in [2.75, 3.05) is 0 Å². The van der Waals surface area contributed by atoms with E-state index in [0.29, 0.717) is 11.8 Å². The molecule has 5 rings (SSSR count). The molecule has 5 nitrogen and oxygen atoms in total. The van der Waals surface area contributed by atoms with Crippen molar-refractivity contribution in [1.82, 2.24) is 0 Å². The molecule has 0 radical (unpaired) electrons. The molecule has 0 amide bonds. The molecule has 0 aromatic heterocycles. The average molecular weight is 282 g/mol. The van der Waals surface area contributed by atoms with Crippen LogP contribution < -0.4 is 0 Å². The van der Waals surface area contributed by atoms with Crippen LogP contribution in [-0.2, 0) is 24.0 Å². The number of hydrogen-bond acceptors (Lipinski definition) is 5. The lowest BCUT2D eigenvalue weighted by molar-refractivity contribution is -0.559. The third kappa shape index (κ3) is 1.46. The first kappa shape index (κ1) is 13.0. The minimum absolute atomic E-state index is 0.123. The molecular formula is C15H22O5. The normalized spacial score (nSPS) is 57.8. The summed E-state index contributed by atoms with van der Waals surface area (Å²) in [5, 5.41) is 0. The molecule has 4 aliphatic heterocycles. The number of carbonyl (C=O) groups excluding carboxylic acids is 1. The number of hydrogen-bond donors (Lipinski definition) is 0.